The van der Waals surface area contributed by atoms with Gasteiger partial charge in [-0.25, -0.2) is 8.42 Å². The molecule has 10 heteroatoms. The number of hydrogen-bond donors (Lipinski definition) is 2. The monoisotopic (exact) mass is 633 g/mol. The lowest BCUT2D eigenvalue weighted by molar-refractivity contribution is -0.147. The van der Waals surface area contributed by atoms with Gasteiger partial charge in [0, 0.05) is 22.0 Å². The molecule has 1 heterocycles. The first-order valence-corrected chi connectivity index (χ1v) is 16.1. The van der Waals surface area contributed by atoms with Gasteiger partial charge in [0.1, 0.15) is 0 Å². The minimum atomic E-state index is -3.69. The van der Waals surface area contributed by atoms with Crippen molar-refractivity contribution in [2.24, 2.45) is 11.3 Å². The Bertz CT molecular complexity index is 1580. The number of aliphatic carboxylic acids is 1. The minimum absolute atomic E-state index is 0.122. The first-order valence-electron chi connectivity index (χ1n) is 13.4. The van der Waals surface area contributed by atoms with E-state index in [1.807, 2.05) is 30.3 Å². The Hall–Kier alpha value is -2.58. The van der Waals surface area contributed by atoms with Crippen molar-refractivity contribution in [2.75, 3.05) is 0 Å². The van der Waals surface area contributed by atoms with Gasteiger partial charge in [-0.05, 0) is 78.6 Å². The lowest BCUT2D eigenvalue weighted by Gasteiger charge is -2.43. The molecule has 1 amide bonds. The molecule has 0 radical (unpaired) electrons. The fourth-order valence-corrected chi connectivity index (χ4v) is 9.15. The van der Waals surface area contributed by atoms with Crippen LogP contribution in [0.4, 0.5) is 0 Å². The summed E-state index contributed by atoms with van der Waals surface area (Å²) >= 11 is 18.8. The van der Waals surface area contributed by atoms with Crippen molar-refractivity contribution in [2.45, 2.75) is 60.6 Å². The van der Waals surface area contributed by atoms with Crippen molar-refractivity contribution in [3.8, 4) is 0 Å². The van der Waals surface area contributed by atoms with Crippen LogP contribution in [0, 0.1) is 11.3 Å². The van der Waals surface area contributed by atoms with E-state index in [0.29, 0.717) is 29.3 Å². The van der Waals surface area contributed by atoms with Crippen molar-refractivity contribution in [1.82, 2.24) is 5.32 Å². The van der Waals surface area contributed by atoms with Gasteiger partial charge in [0.05, 0.1) is 27.0 Å². The van der Waals surface area contributed by atoms with Crippen molar-refractivity contribution < 1.29 is 23.1 Å². The lowest BCUT2D eigenvalue weighted by Crippen LogP contribution is -2.54. The summed E-state index contributed by atoms with van der Waals surface area (Å²) in [5, 5.41) is 13.4. The third-order valence-corrected chi connectivity index (χ3v) is 11.7. The molecule has 3 aromatic carbocycles. The molecular formula is C31H30Cl3NO5S. The van der Waals surface area contributed by atoms with Gasteiger partial charge >= 0.3 is 5.97 Å². The Morgan fingerprint density at radius 2 is 1.73 bits per heavy atom. The number of amides is 1. The number of sulfone groups is 1. The SMILES string of the molecule is CC1(CC(=O)O)CC(c2cccc(Cl)c2)C(CC(c2ccc(Cl)cc2)C2CC2S(=O)(=O)c2ccccc2Cl)NC1=O. The minimum Gasteiger partial charge on any atom is -0.481 e. The predicted molar refractivity (Wildman–Crippen MR) is 160 cm³/mol. The average molecular weight is 635 g/mol. The predicted octanol–water partition coefficient (Wildman–Crippen LogP) is 7.14. The van der Waals surface area contributed by atoms with Crippen LogP contribution in [0.15, 0.2) is 77.7 Å². The van der Waals surface area contributed by atoms with E-state index in [2.05, 4.69) is 5.32 Å². The van der Waals surface area contributed by atoms with Crippen molar-refractivity contribution in [3.63, 3.8) is 0 Å². The molecule has 5 rings (SSSR count). The van der Waals surface area contributed by atoms with E-state index < -0.39 is 26.5 Å². The highest BCUT2D eigenvalue weighted by Gasteiger charge is 2.54. The smallest absolute Gasteiger partial charge is 0.304 e. The first-order chi connectivity index (χ1) is 19.4. The van der Waals surface area contributed by atoms with Gasteiger partial charge < -0.3 is 10.4 Å². The summed E-state index contributed by atoms with van der Waals surface area (Å²) in [6.45, 7) is 1.67. The molecule has 1 aliphatic carbocycles. The molecule has 2 fully saturated rings. The summed E-state index contributed by atoms with van der Waals surface area (Å²) in [6.07, 6.45) is 0.923. The zero-order chi connectivity index (χ0) is 29.5. The molecule has 1 aliphatic heterocycles. The Kier molecular flexibility index (Phi) is 8.46. The van der Waals surface area contributed by atoms with Crippen LogP contribution in [0.2, 0.25) is 15.1 Å². The highest BCUT2D eigenvalue weighted by atomic mass is 35.5. The third kappa shape index (κ3) is 6.29. The molecule has 0 spiro atoms. The molecule has 3 aromatic rings. The maximum Gasteiger partial charge on any atom is 0.304 e. The molecule has 2 aliphatic rings. The summed E-state index contributed by atoms with van der Waals surface area (Å²) in [6, 6.07) is 20.8. The quantitative estimate of drug-likeness (QED) is 0.261. The number of carboxylic acid groups (broad SMARTS) is 1. The maximum atomic E-state index is 13.6. The second-order valence-electron chi connectivity index (χ2n) is 11.4. The fourth-order valence-electron chi connectivity index (χ4n) is 6.31. The Labute approximate surface area is 254 Å². The van der Waals surface area contributed by atoms with Gasteiger partial charge in [0.2, 0.25) is 5.91 Å². The number of nitrogens with one attached hydrogen (secondary N) is 1. The highest BCUT2D eigenvalue weighted by Crippen LogP contribution is 2.53. The summed E-state index contributed by atoms with van der Waals surface area (Å²) in [7, 11) is -3.69. The van der Waals surface area contributed by atoms with Crippen molar-refractivity contribution in [1.29, 1.82) is 0 Å². The van der Waals surface area contributed by atoms with Crippen LogP contribution in [0.3, 0.4) is 0 Å². The molecule has 2 N–H and O–H groups in total. The van der Waals surface area contributed by atoms with E-state index in [1.54, 1.807) is 43.3 Å². The number of carboxylic acids is 1. The van der Waals surface area contributed by atoms with Crippen LogP contribution in [0.1, 0.15) is 55.6 Å². The molecule has 6 atom stereocenters. The second kappa shape index (κ2) is 11.6. The second-order valence-corrected chi connectivity index (χ2v) is 14.8. The van der Waals surface area contributed by atoms with Crippen LogP contribution in [0.5, 0.6) is 0 Å². The van der Waals surface area contributed by atoms with E-state index >= 15 is 0 Å². The molecule has 6 unspecified atom stereocenters. The standard InChI is InChI=1S/C31H30Cl3NO5S/c1-31(17-29(36)37)16-24(19-5-4-6-21(33)13-19)26(35-30(31)38)14-22(18-9-11-20(32)12-10-18)23-15-28(23)41(39,40)27-8-3-2-7-25(27)34/h2-13,22-24,26,28H,14-17H2,1H3,(H,35,38)(H,36,37). The number of carbonyl (C=O) groups excluding carboxylic acids is 1. The van der Waals surface area contributed by atoms with E-state index in [1.165, 1.54) is 6.07 Å². The van der Waals surface area contributed by atoms with Crippen LogP contribution in [0.25, 0.3) is 0 Å². The summed E-state index contributed by atoms with van der Waals surface area (Å²) in [4.78, 5) is 25.2. The maximum absolute atomic E-state index is 13.6. The number of carbonyl (C=O) groups is 2. The van der Waals surface area contributed by atoms with Crippen LogP contribution < -0.4 is 5.32 Å². The van der Waals surface area contributed by atoms with Crippen LogP contribution >= 0.6 is 34.8 Å². The molecule has 216 valence electrons. The molecule has 0 aromatic heterocycles. The zero-order valence-corrected chi connectivity index (χ0v) is 25.4. The van der Waals surface area contributed by atoms with Crippen molar-refractivity contribution >= 4 is 56.5 Å². The molecular weight excluding hydrogens is 605 g/mol. The van der Waals surface area contributed by atoms with Gasteiger partial charge in [-0.1, -0.05) is 78.1 Å². The van der Waals surface area contributed by atoms with E-state index in [-0.39, 0.29) is 46.0 Å². The number of hydrogen-bond acceptors (Lipinski definition) is 4. The molecule has 6 nitrogen and oxygen atoms in total. The number of halogens is 3. The van der Waals surface area contributed by atoms with Crippen LogP contribution in [-0.4, -0.2) is 36.7 Å². The van der Waals surface area contributed by atoms with Crippen LogP contribution in [-0.2, 0) is 19.4 Å². The lowest BCUT2D eigenvalue weighted by atomic mass is 9.68. The van der Waals surface area contributed by atoms with E-state index in [0.717, 1.165) is 11.1 Å². The Morgan fingerprint density at radius 3 is 2.39 bits per heavy atom. The molecule has 1 saturated carbocycles. The van der Waals surface area contributed by atoms with Crippen molar-refractivity contribution in [3.05, 3.63) is 99.0 Å². The number of rotatable bonds is 9. The Balaban J connectivity index is 1.50. The summed E-state index contributed by atoms with van der Waals surface area (Å²) in [5.74, 6) is -2.03. The first kappa shape index (κ1) is 29.9. The summed E-state index contributed by atoms with van der Waals surface area (Å²) in [5.41, 5.74) is 0.708. The third-order valence-electron chi connectivity index (χ3n) is 8.48. The van der Waals surface area contributed by atoms with E-state index in [9.17, 15) is 23.1 Å². The number of piperidine rings is 1. The van der Waals surface area contributed by atoms with Gasteiger partial charge in [-0.2, -0.15) is 0 Å². The van der Waals surface area contributed by atoms with Gasteiger partial charge in [-0.3, -0.25) is 9.59 Å². The average Bonchev–Trinajstić information content (AvgIpc) is 3.71. The fraction of sp³-hybridized carbons (Fsp3) is 0.355. The largest absolute Gasteiger partial charge is 0.481 e. The molecule has 1 saturated heterocycles. The Morgan fingerprint density at radius 1 is 1.02 bits per heavy atom. The molecule has 41 heavy (non-hydrogen) atoms. The van der Waals surface area contributed by atoms with E-state index in [4.69, 9.17) is 34.8 Å². The van der Waals surface area contributed by atoms with Gasteiger partial charge in [-0.15, -0.1) is 0 Å². The topological polar surface area (TPSA) is 101 Å². The van der Waals surface area contributed by atoms with Gasteiger partial charge in [0.25, 0.3) is 0 Å². The normalized spacial score (nSPS) is 26.7. The highest BCUT2D eigenvalue weighted by molar-refractivity contribution is 7.92. The zero-order valence-electron chi connectivity index (χ0n) is 22.3. The number of benzene rings is 3. The summed E-state index contributed by atoms with van der Waals surface area (Å²) < 4.78 is 27.3. The molecule has 0 bridgehead atoms. The van der Waals surface area contributed by atoms with Gasteiger partial charge in [0.15, 0.2) is 9.84 Å².